The van der Waals surface area contributed by atoms with E-state index in [0.29, 0.717) is 30.4 Å². The zero-order chi connectivity index (χ0) is 17.3. The summed E-state index contributed by atoms with van der Waals surface area (Å²) >= 11 is 0. The zero-order valence-electron chi connectivity index (χ0n) is 13.6. The Morgan fingerprint density at radius 3 is 2.75 bits per heavy atom. The van der Waals surface area contributed by atoms with Crippen molar-refractivity contribution >= 4 is 23.5 Å². The SMILES string of the molecule is CC1CCN(c2[c]ccc(C3CC(=O)NC(=O)C3)n2)C(C(N)=O)C1. The lowest BCUT2D eigenvalue weighted by Gasteiger charge is -2.37. The fraction of sp³-hybridized carbons (Fsp3) is 0.529. The highest BCUT2D eigenvalue weighted by molar-refractivity contribution is 5.98. The molecule has 127 valence electrons. The quantitative estimate of drug-likeness (QED) is 0.785. The van der Waals surface area contributed by atoms with Gasteiger partial charge < -0.3 is 10.6 Å². The minimum absolute atomic E-state index is 0.235. The molecule has 1 aromatic rings. The molecule has 2 unspecified atom stereocenters. The van der Waals surface area contributed by atoms with Gasteiger partial charge >= 0.3 is 0 Å². The van der Waals surface area contributed by atoms with Gasteiger partial charge in [-0.1, -0.05) is 6.92 Å². The molecule has 2 aliphatic heterocycles. The normalized spacial score (nSPS) is 25.5. The second-order valence-corrected chi connectivity index (χ2v) is 6.66. The molecule has 2 fully saturated rings. The average Bonchev–Trinajstić information content (AvgIpc) is 2.54. The third-order valence-corrected chi connectivity index (χ3v) is 4.73. The number of hydrogen-bond donors (Lipinski definition) is 2. The number of rotatable bonds is 3. The highest BCUT2D eigenvalue weighted by atomic mass is 16.2. The summed E-state index contributed by atoms with van der Waals surface area (Å²) in [6, 6.07) is 6.16. The molecule has 24 heavy (non-hydrogen) atoms. The van der Waals surface area contributed by atoms with Crippen molar-refractivity contribution in [1.82, 2.24) is 10.3 Å². The van der Waals surface area contributed by atoms with Gasteiger partial charge in [0.15, 0.2) is 0 Å². The van der Waals surface area contributed by atoms with Crippen LogP contribution in [0.1, 0.15) is 44.2 Å². The average molecular weight is 329 g/mol. The van der Waals surface area contributed by atoms with Crippen LogP contribution in [0.25, 0.3) is 0 Å². The minimum atomic E-state index is -0.399. The van der Waals surface area contributed by atoms with Crippen molar-refractivity contribution in [2.45, 2.75) is 44.6 Å². The maximum atomic E-state index is 11.8. The van der Waals surface area contributed by atoms with E-state index in [4.69, 9.17) is 5.73 Å². The first-order valence-corrected chi connectivity index (χ1v) is 8.21. The van der Waals surface area contributed by atoms with Crippen LogP contribution in [0.15, 0.2) is 12.1 Å². The predicted molar refractivity (Wildman–Crippen MR) is 86.9 cm³/mol. The molecule has 0 aromatic carbocycles. The van der Waals surface area contributed by atoms with Gasteiger partial charge in [0.25, 0.3) is 0 Å². The molecule has 1 aromatic heterocycles. The summed E-state index contributed by atoms with van der Waals surface area (Å²) in [7, 11) is 0. The van der Waals surface area contributed by atoms with E-state index in [2.05, 4.69) is 23.3 Å². The monoisotopic (exact) mass is 329 g/mol. The highest BCUT2D eigenvalue weighted by Gasteiger charge is 2.32. The lowest BCUT2D eigenvalue weighted by molar-refractivity contribution is -0.133. The summed E-state index contributed by atoms with van der Waals surface area (Å²) in [5, 5.41) is 2.30. The molecule has 2 aliphatic rings. The van der Waals surface area contributed by atoms with Crippen LogP contribution in [0.5, 0.6) is 0 Å². The summed E-state index contributed by atoms with van der Waals surface area (Å²) < 4.78 is 0. The van der Waals surface area contributed by atoms with Gasteiger partial charge in [-0.2, -0.15) is 0 Å². The molecule has 0 aliphatic carbocycles. The summed E-state index contributed by atoms with van der Waals surface area (Å²) in [5.41, 5.74) is 6.23. The van der Waals surface area contributed by atoms with Gasteiger partial charge in [-0.15, -0.1) is 0 Å². The summed E-state index contributed by atoms with van der Waals surface area (Å²) in [4.78, 5) is 41.4. The third-order valence-electron chi connectivity index (χ3n) is 4.73. The van der Waals surface area contributed by atoms with Crippen molar-refractivity contribution < 1.29 is 14.4 Å². The van der Waals surface area contributed by atoms with Crippen molar-refractivity contribution in [3.8, 4) is 0 Å². The number of primary amides is 1. The van der Waals surface area contributed by atoms with Crippen LogP contribution in [0.4, 0.5) is 5.82 Å². The zero-order valence-corrected chi connectivity index (χ0v) is 13.6. The molecular weight excluding hydrogens is 308 g/mol. The maximum Gasteiger partial charge on any atom is 0.240 e. The van der Waals surface area contributed by atoms with Crippen molar-refractivity contribution in [2.75, 3.05) is 11.4 Å². The van der Waals surface area contributed by atoms with Crippen LogP contribution in [-0.4, -0.2) is 35.3 Å². The van der Waals surface area contributed by atoms with Crippen molar-refractivity contribution in [2.24, 2.45) is 11.7 Å². The van der Waals surface area contributed by atoms with Gasteiger partial charge in [0.05, 0.1) is 0 Å². The first-order valence-electron chi connectivity index (χ1n) is 8.21. The number of piperidine rings is 2. The van der Waals surface area contributed by atoms with Crippen LogP contribution in [-0.2, 0) is 14.4 Å². The predicted octanol–water partition coefficient (Wildman–Crippen LogP) is 0.492. The molecule has 2 saturated heterocycles. The van der Waals surface area contributed by atoms with Crippen LogP contribution in [0.3, 0.4) is 0 Å². The molecule has 3 N–H and O–H groups in total. The molecule has 1 radical (unpaired) electrons. The van der Waals surface area contributed by atoms with Gasteiger partial charge in [0, 0.05) is 37.1 Å². The van der Waals surface area contributed by atoms with E-state index in [9.17, 15) is 14.4 Å². The Kier molecular flexibility index (Phi) is 4.51. The molecule has 3 heterocycles. The smallest absolute Gasteiger partial charge is 0.240 e. The standard InChI is InChI=1S/C17H21N4O3/c1-10-5-6-21(13(7-10)17(18)24)14-4-2-3-12(19-14)11-8-15(22)20-16(23)9-11/h2-3,10-11,13H,5-9H2,1H3,(H2,18,24)(H,20,22,23). The number of imide groups is 1. The Bertz CT molecular complexity index is 660. The molecule has 0 bridgehead atoms. The molecule has 7 nitrogen and oxygen atoms in total. The number of anilines is 1. The van der Waals surface area contributed by atoms with Crippen molar-refractivity contribution in [1.29, 1.82) is 0 Å². The van der Waals surface area contributed by atoms with Crippen molar-refractivity contribution in [3.05, 3.63) is 23.9 Å². The molecule has 0 saturated carbocycles. The Morgan fingerprint density at radius 2 is 2.08 bits per heavy atom. The number of carbonyl (C=O) groups is 3. The summed E-state index contributed by atoms with van der Waals surface area (Å²) in [6.07, 6.45) is 2.12. The molecular formula is C17H21N4O3. The summed E-state index contributed by atoms with van der Waals surface area (Å²) in [5.74, 6) is -0.184. The van der Waals surface area contributed by atoms with E-state index in [1.807, 2.05) is 4.90 Å². The number of nitrogens with one attached hydrogen (secondary N) is 1. The van der Waals surface area contributed by atoms with Gasteiger partial charge in [0.2, 0.25) is 17.7 Å². The highest BCUT2D eigenvalue weighted by Crippen LogP contribution is 2.30. The van der Waals surface area contributed by atoms with E-state index in [1.54, 1.807) is 12.1 Å². The van der Waals surface area contributed by atoms with E-state index in [0.717, 1.165) is 6.42 Å². The Balaban J connectivity index is 1.85. The number of nitrogens with zero attached hydrogens (tertiary/aromatic N) is 2. The largest absolute Gasteiger partial charge is 0.368 e. The van der Waals surface area contributed by atoms with Crippen molar-refractivity contribution in [3.63, 3.8) is 0 Å². The number of pyridine rings is 1. The number of carbonyl (C=O) groups excluding carboxylic acids is 3. The lowest BCUT2D eigenvalue weighted by atomic mass is 9.91. The van der Waals surface area contributed by atoms with E-state index < -0.39 is 6.04 Å². The van der Waals surface area contributed by atoms with E-state index >= 15 is 0 Å². The molecule has 3 rings (SSSR count). The fourth-order valence-corrected chi connectivity index (χ4v) is 3.42. The van der Waals surface area contributed by atoms with Crippen LogP contribution in [0, 0.1) is 12.0 Å². The minimum Gasteiger partial charge on any atom is -0.368 e. The maximum absolute atomic E-state index is 11.8. The Hall–Kier alpha value is -2.44. The second kappa shape index (κ2) is 6.59. The van der Waals surface area contributed by atoms with Gasteiger partial charge in [0.1, 0.15) is 11.9 Å². The van der Waals surface area contributed by atoms with Crippen LogP contribution >= 0.6 is 0 Å². The number of hydrogen-bond acceptors (Lipinski definition) is 5. The molecule has 7 heteroatoms. The van der Waals surface area contributed by atoms with Crippen LogP contribution < -0.4 is 16.0 Å². The number of aromatic nitrogens is 1. The van der Waals surface area contributed by atoms with E-state index in [-0.39, 0.29) is 36.5 Å². The Labute approximate surface area is 140 Å². The molecule has 3 amide bonds. The molecule has 0 spiro atoms. The third kappa shape index (κ3) is 3.39. The second-order valence-electron chi connectivity index (χ2n) is 6.66. The van der Waals surface area contributed by atoms with Gasteiger partial charge in [-0.25, -0.2) is 4.98 Å². The number of amides is 3. The lowest BCUT2D eigenvalue weighted by Crippen LogP contribution is -2.50. The fourth-order valence-electron chi connectivity index (χ4n) is 3.42. The van der Waals surface area contributed by atoms with Gasteiger partial charge in [-0.3, -0.25) is 19.7 Å². The summed E-state index contributed by atoms with van der Waals surface area (Å²) in [6.45, 7) is 2.79. The first kappa shape index (κ1) is 16.4. The molecule has 2 atom stereocenters. The van der Waals surface area contributed by atoms with E-state index in [1.165, 1.54) is 0 Å². The first-order chi connectivity index (χ1) is 11.4. The Morgan fingerprint density at radius 1 is 1.38 bits per heavy atom. The van der Waals surface area contributed by atoms with Crippen LogP contribution in [0.2, 0.25) is 0 Å². The topological polar surface area (TPSA) is 105 Å². The number of nitrogens with two attached hydrogens (primary N) is 1. The van der Waals surface area contributed by atoms with Gasteiger partial charge in [-0.05, 0) is 30.9 Å².